The summed E-state index contributed by atoms with van der Waals surface area (Å²) < 4.78 is 74.4. The largest absolute Gasteiger partial charge is 0.467 e. The first kappa shape index (κ1) is 26.8. The Morgan fingerprint density at radius 3 is 2.38 bits per heavy atom. The average Bonchev–Trinajstić information content (AvgIpc) is 3.57. The summed E-state index contributed by atoms with van der Waals surface area (Å²) in [5.41, 5.74) is -0.341. The molecule has 37 heavy (non-hydrogen) atoms. The summed E-state index contributed by atoms with van der Waals surface area (Å²) in [6.45, 7) is 0.587. The molecule has 0 N–H and O–H groups in total. The van der Waals surface area contributed by atoms with Gasteiger partial charge in [-0.05, 0) is 60.4 Å². The Hall–Kier alpha value is -3.27. The van der Waals surface area contributed by atoms with Crippen LogP contribution in [0.3, 0.4) is 0 Å². The van der Waals surface area contributed by atoms with Gasteiger partial charge in [0.15, 0.2) is 0 Å². The fourth-order valence-corrected chi connectivity index (χ4v) is 5.46. The Bertz CT molecular complexity index is 1280. The van der Waals surface area contributed by atoms with Crippen molar-refractivity contribution >= 4 is 16.0 Å². The number of amides is 1. The third-order valence-electron chi connectivity index (χ3n) is 6.47. The molecule has 1 saturated carbocycles. The summed E-state index contributed by atoms with van der Waals surface area (Å²) in [5.74, 6) is 1.20. The normalized spacial score (nSPS) is 14.6. The van der Waals surface area contributed by atoms with E-state index in [2.05, 4.69) is 0 Å². The number of nitrogens with zero attached hydrogens (tertiary/aromatic N) is 1. The molecule has 1 amide bonds. The molecule has 1 aromatic heterocycles. The van der Waals surface area contributed by atoms with Gasteiger partial charge in [0.1, 0.15) is 16.4 Å². The van der Waals surface area contributed by atoms with Gasteiger partial charge in [-0.3, -0.25) is 4.79 Å². The SMILES string of the molecule is O=C(CCC1CCCC1)N(Cc1ccc(OS(=O)(=O)c2cccc(C(F)(F)F)c2)cc1)Cc1ccco1. The highest BCUT2D eigenvalue weighted by atomic mass is 32.2. The average molecular weight is 536 g/mol. The van der Waals surface area contributed by atoms with Crippen LogP contribution < -0.4 is 4.18 Å². The Kier molecular flexibility index (Phi) is 8.26. The summed E-state index contributed by atoms with van der Waals surface area (Å²) in [7, 11) is -4.47. The summed E-state index contributed by atoms with van der Waals surface area (Å²) >= 11 is 0. The van der Waals surface area contributed by atoms with Gasteiger partial charge in [0, 0.05) is 13.0 Å². The fraction of sp³-hybridized carbons (Fsp3) is 0.370. The molecular formula is C27H28F3NO5S. The van der Waals surface area contributed by atoms with Gasteiger partial charge in [0.25, 0.3) is 0 Å². The molecule has 0 radical (unpaired) electrons. The molecule has 0 atom stereocenters. The predicted molar refractivity (Wildman–Crippen MR) is 130 cm³/mol. The molecule has 10 heteroatoms. The van der Waals surface area contributed by atoms with Crippen molar-refractivity contribution in [2.24, 2.45) is 5.92 Å². The first-order valence-electron chi connectivity index (χ1n) is 12.1. The number of hydrogen-bond donors (Lipinski definition) is 0. The van der Waals surface area contributed by atoms with E-state index in [9.17, 15) is 26.4 Å². The third-order valence-corrected chi connectivity index (χ3v) is 7.72. The molecule has 0 aliphatic heterocycles. The van der Waals surface area contributed by atoms with Crippen molar-refractivity contribution in [3.05, 3.63) is 83.8 Å². The van der Waals surface area contributed by atoms with Gasteiger partial charge < -0.3 is 13.5 Å². The topological polar surface area (TPSA) is 76.8 Å². The van der Waals surface area contributed by atoms with Crippen LogP contribution in [0.15, 0.2) is 76.2 Å². The van der Waals surface area contributed by atoms with Gasteiger partial charge in [0.05, 0.1) is 18.4 Å². The number of furan rings is 1. The molecule has 1 aliphatic carbocycles. The van der Waals surface area contributed by atoms with Crippen LogP contribution in [-0.4, -0.2) is 19.2 Å². The van der Waals surface area contributed by atoms with Gasteiger partial charge in [-0.25, -0.2) is 0 Å². The van der Waals surface area contributed by atoms with Crippen LogP contribution in [-0.2, 0) is 34.2 Å². The van der Waals surface area contributed by atoms with Crippen molar-refractivity contribution in [3.63, 3.8) is 0 Å². The van der Waals surface area contributed by atoms with Gasteiger partial charge in [-0.15, -0.1) is 0 Å². The summed E-state index contributed by atoms with van der Waals surface area (Å²) in [6.07, 6.45) is 2.93. The second kappa shape index (κ2) is 11.4. The maximum absolute atomic E-state index is 13.0. The van der Waals surface area contributed by atoms with E-state index in [0.717, 1.165) is 43.0 Å². The number of alkyl halides is 3. The maximum Gasteiger partial charge on any atom is 0.416 e. The van der Waals surface area contributed by atoms with E-state index in [0.29, 0.717) is 30.7 Å². The minimum Gasteiger partial charge on any atom is -0.467 e. The first-order valence-corrected chi connectivity index (χ1v) is 13.5. The Labute approximate surface area is 214 Å². The van der Waals surface area contributed by atoms with E-state index < -0.39 is 26.8 Å². The minimum absolute atomic E-state index is 0.00995. The molecule has 1 heterocycles. The highest BCUT2D eigenvalue weighted by molar-refractivity contribution is 7.87. The number of benzene rings is 2. The second-order valence-corrected chi connectivity index (χ2v) is 10.8. The lowest BCUT2D eigenvalue weighted by molar-refractivity contribution is -0.137. The maximum atomic E-state index is 13.0. The smallest absolute Gasteiger partial charge is 0.416 e. The van der Waals surface area contributed by atoms with Gasteiger partial charge in [-0.2, -0.15) is 21.6 Å². The lowest BCUT2D eigenvalue weighted by atomic mass is 10.0. The van der Waals surface area contributed by atoms with Crippen LogP contribution in [0.4, 0.5) is 13.2 Å². The van der Waals surface area contributed by atoms with Crippen molar-refractivity contribution < 1.29 is 35.0 Å². The summed E-state index contributed by atoms with van der Waals surface area (Å²) in [4.78, 5) is 14.1. The Morgan fingerprint density at radius 2 is 1.73 bits per heavy atom. The number of halogens is 3. The molecule has 2 aromatic carbocycles. The van der Waals surface area contributed by atoms with E-state index in [1.54, 1.807) is 35.4 Å². The van der Waals surface area contributed by atoms with E-state index >= 15 is 0 Å². The van der Waals surface area contributed by atoms with Crippen LogP contribution in [0.1, 0.15) is 55.4 Å². The van der Waals surface area contributed by atoms with Crippen molar-refractivity contribution in [3.8, 4) is 5.75 Å². The van der Waals surface area contributed by atoms with Crippen LogP contribution in [0, 0.1) is 5.92 Å². The number of carbonyl (C=O) groups excluding carboxylic acids is 1. The summed E-state index contributed by atoms with van der Waals surface area (Å²) in [6, 6.07) is 13.0. The predicted octanol–water partition coefficient (Wildman–Crippen LogP) is 6.57. The van der Waals surface area contributed by atoms with Crippen molar-refractivity contribution in [1.82, 2.24) is 4.90 Å². The highest BCUT2D eigenvalue weighted by Gasteiger charge is 2.32. The van der Waals surface area contributed by atoms with Gasteiger partial charge >= 0.3 is 16.3 Å². The lowest BCUT2D eigenvalue weighted by Gasteiger charge is -2.23. The zero-order chi connectivity index (χ0) is 26.5. The van der Waals surface area contributed by atoms with Crippen molar-refractivity contribution in [2.45, 2.75) is 62.7 Å². The molecule has 3 aromatic rings. The lowest BCUT2D eigenvalue weighted by Crippen LogP contribution is -2.30. The van der Waals surface area contributed by atoms with Crippen LogP contribution in [0.2, 0.25) is 0 Å². The molecule has 0 bridgehead atoms. The molecule has 0 spiro atoms. The summed E-state index contributed by atoms with van der Waals surface area (Å²) in [5, 5.41) is 0. The number of carbonyl (C=O) groups is 1. The molecule has 0 saturated heterocycles. The van der Waals surface area contributed by atoms with Gasteiger partial charge in [0.2, 0.25) is 5.91 Å². The van der Waals surface area contributed by atoms with Crippen LogP contribution in [0.5, 0.6) is 5.75 Å². The number of rotatable bonds is 10. The van der Waals surface area contributed by atoms with E-state index in [1.807, 2.05) is 0 Å². The molecule has 4 rings (SSSR count). The zero-order valence-electron chi connectivity index (χ0n) is 20.1. The van der Waals surface area contributed by atoms with Crippen molar-refractivity contribution in [2.75, 3.05) is 0 Å². The van der Waals surface area contributed by atoms with Crippen molar-refractivity contribution in [1.29, 1.82) is 0 Å². The van der Waals surface area contributed by atoms with E-state index in [-0.39, 0.29) is 18.2 Å². The van der Waals surface area contributed by atoms with Crippen LogP contribution >= 0.6 is 0 Å². The molecule has 0 unspecified atom stereocenters. The Balaban J connectivity index is 1.43. The first-order chi connectivity index (χ1) is 17.6. The fourth-order valence-electron chi connectivity index (χ4n) is 4.48. The van der Waals surface area contributed by atoms with E-state index in [4.69, 9.17) is 8.60 Å². The molecule has 6 nitrogen and oxygen atoms in total. The van der Waals surface area contributed by atoms with E-state index in [1.165, 1.54) is 25.0 Å². The molecule has 1 aliphatic rings. The minimum atomic E-state index is -4.68. The molecule has 198 valence electrons. The van der Waals surface area contributed by atoms with Crippen LogP contribution in [0.25, 0.3) is 0 Å². The highest BCUT2D eigenvalue weighted by Crippen LogP contribution is 2.31. The molecular weight excluding hydrogens is 507 g/mol. The molecule has 1 fully saturated rings. The zero-order valence-corrected chi connectivity index (χ0v) is 20.9. The standard InChI is InChI=1S/C27H28F3NO5S/c28-27(29,30)22-7-3-9-25(17-22)37(33,34)36-23-13-10-21(11-14-23)18-31(19-24-8-4-16-35-24)26(32)15-12-20-5-1-2-6-20/h3-4,7-11,13-14,16-17,20H,1-2,5-6,12,15,18-19H2. The monoisotopic (exact) mass is 535 g/mol. The third kappa shape index (κ3) is 7.38. The van der Waals surface area contributed by atoms with Gasteiger partial charge in [-0.1, -0.05) is 43.9 Å². The Morgan fingerprint density at radius 1 is 1.00 bits per heavy atom. The quantitative estimate of drug-likeness (QED) is 0.275. The number of hydrogen-bond acceptors (Lipinski definition) is 5. The second-order valence-electron chi connectivity index (χ2n) is 9.23.